The van der Waals surface area contributed by atoms with Crippen LogP contribution in [0.4, 0.5) is 23.0 Å². The van der Waals surface area contributed by atoms with Gasteiger partial charge in [-0.05, 0) is 36.8 Å². The van der Waals surface area contributed by atoms with E-state index in [0.717, 1.165) is 11.3 Å². The molecular formula is C18H14ClN5. The lowest BCUT2D eigenvalue weighted by atomic mass is 10.2. The van der Waals surface area contributed by atoms with Gasteiger partial charge in [0, 0.05) is 16.8 Å². The maximum atomic E-state index is 9.15. The molecule has 5 nitrogen and oxygen atoms in total. The fourth-order valence-electron chi connectivity index (χ4n) is 2.14. The summed E-state index contributed by atoms with van der Waals surface area (Å²) in [5.41, 5.74) is 3.10. The number of rotatable bonds is 4. The summed E-state index contributed by atoms with van der Waals surface area (Å²) in [4.78, 5) is 8.39. The summed E-state index contributed by atoms with van der Waals surface area (Å²) in [7, 11) is 0. The van der Waals surface area contributed by atoms with Crippen molar-refractivity contribution in [3.05, 3.63) is 71.0 Å². The van der Waals surface area contributed by atoms with Crippen LogP contribution in [0.3, 0.4) is 0 Å². The number of aryl methyl sites for hydroxylation is 1. The minimum atomic E-state index is 0.552. The highest BCUT2D eigenvalue weighted by Crippen LogP contribution is 2.24. The molecule has 0 bridgehead atoms. The van der Waals surface area contributed by atoms with Crippen molar-refractivity contribution in [3.8, 4) is 6.07 Å². The van der Waals surface area contributed by atoms with Gasteiger partial charge in [-0.2, -0.15) is 5.26 Å². The SMILES string of the molecule is Cc1ccc(Nc2cc(Nc3ccccc3C#N)ncn2)cc1Cl. The summed E-state index contributed by atoms with van der Waals surface area (Å²) in [6, 6.07) is 16.9. The number of nitrogens with zero attached hydrogens (tertiary/aromatic N) is 3. The number of aromatic nitrogens is 2. The zero-order valence-electron chi connectivity index (χ0n) is 12.9. The van der Waals surface area contributed by atoms with E-state index in [1.54, 1.807) is 12.1 Å². The number of para-hydroxylation sites is 1. The Hall–Kier alpha value is -3.10. The zero-order valence-corrected chi connectivity index (χ0v) is 13.7. The van der Waals surface area contributed by atoms with E-state index >= 15 is 0 Å². The first kappa shape index (κ1) is 15.8. The van der Waals surface area contributed by atoms with Crippen LogP contribution in [0.2, 0.25) is 5.02 Å². The average Bonchev–Trinajstić information content (AvgIpc) is 2.59. The fraction of sp³-hybridized carbons (Fsp3) is 0.0556. The third kappa shape index (κ3) is 3.62. The normalized spacial score (nSPS) is 10.0. The van der Waals surface area contributed by atoms with Crippen molar-refractivity contribution in [2.24, 2.45) is 0 Å². The third-order valence-corrected chi connectivity index (χ3v) is 3.83. The molecule has 0 amide bonds. The van der Waals surface area contributed by atoms with Crippen LogP contribution >= 0.6 is 11.6 Å². The maximum absolute atomic E-state index is 9.15. The van der Waals surface area contributed by atoms with Crippen molar-refractivity contribution in [3.63, 3.8) is 0 Å². The number of benzene rings is 2. The summed E-state index contributed by atoms with van der Waals surface area (Å²) >= 11 is 6.14. The van der Waals surface area contributed by atoms with E-state index in [9.17, 15) is 0 Å². The first-order chi connectivity index (χ1) is 11.7. The Morgan fingerprint density at radius 1 is 1.00 bits per heavy atom. The molecular weight excluding hydrogens is 322 g/mol. The van der Waals surface area contributed by atoms with Gasteiger partial charge in [0.2, 0.25) is 0 Å². The van der Waals surface area contributed by atoms with Crippen molar-refractivity contribution in [1.82, 2.24) is 9.97 Å². The van der Waals surface area contributed by atoms with Crippen LogP contribution in [-0.2, 0) is 0 Å². The molecule has 3 aromatic rings. The van der Waals surface area contributed by atoms with E-state index in [0.29, 0.717) is 27.9 Å². The molecule has 1 heterocycles. The minimum absolute atomic E-state index is 0.552. The van der Waals surface area contributed by atoms with Gasteiger partial charge in [0.25, 0.3) is 0 Å². The van der Waals surface area contributed by atoms with Crippen LogP contribution in [0, 0.1) is 18.3 Å². The number of hydrogen-bond donors (Lipinski definition) is 2. The Balaban J connectivity index is 1.81. The molecule has 0 aliphatic heterocycles. The van der Waals surface area contributed by atoms with Crippen molar-refractivity contribution >= 4 is 34.6 Å². The number of nitrogens with one attached hydrogen (secondary N) is 2. The molecule has 0 saturated carbocycles. The Bertz CT molecular complexity index is 917. The Morgan fingerprint density at radius 2 is 1.75 bits per heavy atom. The second kappa shape index (κ2) is 6.99. The molecule has 2 N–H and O–H groups in total. The van der Waals surface area contributed by atoms with Crippen molar-refractivity contribution in [1.29, 1.82) is 5.26 Å². The molecule has 118 valence electrons. The van der Waals surface area contributed by atoms with Crippen LogP contribution in [0.25, 0.3) is 0 Å². The minimum Gasteiger partial charge on any atom is -0.340 e. The lowest BCUT2D eigenvalue weighted by Crippen LogP contribution is -1.99. The van der Waals surface area contributed by atoms with Gasteiger partial charge in [-0.3, -0.25) is 0 Å². The van der Waals surface area contributed by atoms with Gasteiger partial charge >= 0.3 is 0 Å². The standard InChI is InChI=1S/C18H14ClN5/c1-12-6-7-14(8-15(12)19)23-17-9-18(22-11-21-17)24-16-5-3-2-4-13(16)10-20/h2-9,11H,1H3,(H2,21,22,23,24). The molecule has 0 radical (unpaired) electrons. The van der Waals surface area contributed by atoms with E-state index in [4.69, 9.17) is 16.9 Å². The average molecular weight is 336 g/mol. The van der Waals surface area contributed by atoms with Gasteiger partial charge in [0.1, 0.15) is 24.0 Å². The Morgan fingerprint density at radius 3 is 2.50 bits per heavy atom. The molecule has 6 heteroatoms. The topological polar surface area (TPSA) is 73.6 Å². The predicted octanol–water partition coefficient (Wildman–Crippen LogP) is 4.80. The summed E-state index contributed by atoms with van der Waals surface area (Å²) in [6.07, 6.45) is 1.45. The van der Waals surface area contributed by atoms with Crippen molar-refractivity contribution in [2.45, 2.75) is 6.92 Å². The molecule has 0 spiro atoms. The molecule has 0 unspecified atom stereocenters. The van der Waals surface area contributed by atoms with E-state index in [1.807, 2.05) is 43.3 Å². The van der Waals surface area contributed by atoms with Gasteiger partial charge in [-0.15, -0.1) is 0 Å². The number of anilines is 4. The fourth-order valence-corrected chi connectivity index (χ4v) is 2.32. The van der Waals surface area contributed by atoms with Crippen LogP contribution in [0.5, 0.6) is 0 Å². The molecule has 24 heavy (non-hydrogen) atoms. The van der Waals surface area contributed by atoms with Gasteiger partial charge in [-0.25, -0.2) is 9.97 Å². The Kier molecular flexibility index (Phi) is 4.59. The van der Waals surface area contributed by atoms with Crippen LogP contribution in [0.1, 0.15) is 11.1 Å². The third-order valence-electron chi connectivity index (χ3n) is 3.42. The zero-order chi connectivity index (χ0) is 16.9. The van der Waals surface area contributed by atoms with Crippen LogP contribution in [-0.4, -0.2) is 9.97 Å². The number of nitriles is 1. The van der Waals surface area contributed by atoms with Crippen LogP contribution in [0.15, 0.2) is 54.9 Å². The first-order valence-electron chi connectivity index (χ1n) is 7.27. The largest absolute Gasteiger partial charge is 0.340 e. The molecule has 0 fully saturated rings. The smallest absolute Gasteiger partial charge is 0.135 e. The molecule has 0 aliphatic rings. The number of hydrogen-bond acceptors (Lipinski definition) is 5. The maximum Gasteiger partial charge on any atom is 0.135 e. The summed E-state index contributed by atoms with van der Waals surface area (Å²) < 4.78 is 0. The summed E-state index contributed by atoms with van der Waals surface area (Å²) in [5.74, 6) is 1.22. The second-order valence-corrected chi connectivity index (χ2v) is 5.57. The monoisotopic (exact) mass is 335 g/mol. The van der Waals surface area contributed by atoms with E-state index in [2.05, 4.69) is 26.7 Å². The molecule has 0 atom stereocenters. The van der Waals surface area contributed by atoms with Crippen molar-refractivity contribution < 1.29 is 0 Å². The van der Waals surface area contributed by atoms with E-state index < -0.39 is 0 Å². The van der Waals surface area contributed by atoms with Crippen LogP contribution < -0.4 is 10.6 Å². The van der Waals surface area contributed by atoms with E-state index in [-0.39, 0.29) is 0 Å². The molecule has 0 aliphatic carbocycles. The lowest BCUT2D eigenvalue weighted by molar-refractivity contribution is 1.17. The quantitative estimate of drug-likeness (QED) is 0.716. The Labute approximate surface area is 145 Å². The second-order valence-electron chi connectivity index (χ2n) is 5.16. The predicted molar refractivity (Wildman–Crippen MR) is 95.9 cm³/mol. The summed E-state index contributed by atoms with van der Waals surface area (Å²) in [6.45, 7) is 1.95. The molecule has 3 rings (SSSR count). The highest BCUT2D eigenvalue weighted by Gasteiger charge is 2.05. The van der Waals surface area contributed by atoms with Gasteiger partial charge in [0.15, 0.2) is 0 Å². The summed E-state index contributed by atoms with van der Waals surface area (Å²) in [5, 5.41) is 16.2. The number of halogens is 1. The van der Waals surface area contributed by atoms with Gasteiger partial charge < -0.3 is 10.6 Å². The highest BCUT2D eigenvalue weighted by atomic mass is 35.5. The van der Waals surface area contributed by atoms with Crippen molar-refractivity contribution in [2.75, 3.05) is 10.6 Å². The van der Waals surface area contributed by atoms with Gasteiger partial charge in [-0.1, -0.05) is 29.8 Å². The molecule has 0 saturated heterocycles. The lowest BCUT2D eigenvalue weighted by Gasteiger charge is -2.10. The first-order valence-corrected chi connectivity index (χ1v) is 7.65. The molecule has 1 aromatic heterocycles. The van der Waals surface area contributed by atoms with Gasteiger partial charge in [0.05, 0.1) is 11.3 Å². The van der Waals surface area contributed by atoms with E-state index in [1.165, 1.54) is 6.33 Å². The molecule has 2 aromatic carbocycles. The highest BCUT2D eigenvalue weighted by molar-refractivity contribution is 6.31.